The molecule has 0 radical (unpaired) electrons. The number of anilines is 3. The molecule has 158 valence electrons. The Morgan fingerprint density at radius 3 is 2.37 bits per heavy atom. The van der Waals surface area contributed by atoms with Gasteiger partial charge < -0.3 is 30.3 Å². The topological polar surface area (TPSA) is 101 Å². The van der Waals surface area contributed by atoms with E-state index in [1.165, 1.54) is 0 Å². The van der Waals surface area contributed by atoms with Crippen molar-refractivity contribution in [1.29, 1.82) is 0 Å². The Bertz CT molecular complexity index is 1010. The van der Waals surface area contributed by atoms with Crippen molar-refractivity contribution in [1.82, 2.24) is 20.6 Å². The molecule has 1 heterocycles. The number of methoxy groups -OCH3 is 2. The number of hydrogen-bond donors (Lipinski definition) is 3. The first-order valence-electron chi connectivity index (χ1n) is 9.48. The van der Waals surface area contributed by atoms with E-state index in [1.807, 2.05) is 54.4 Å². The lowest BCUT2D eigenvalue weighted by atomic mass is 10.2. The van der Waals surface area contributed by atoms with Crippen LogP contribution in [0.3, 0.4) is 0 Å². The third-order valence-electron chi connectivity index (χ3n) is 4.58. The third-order valence-corrected chi connectivity index (χ3v) is 4.58. The standard InChI is InChI=1S/C21H26N6O3/c1-22-21(28)24-12-11-23-20-25-18-10-9-16(30-4)13-17(18)19(26-20)27(2)14-5-7-15(29-3)8-6-14/h5-10,13H,11-12H2,1-4H3,(H2,22,24,28)(H,23,25,26). The summed E-state index contributed by atoms with van der Waals surface area (Å²) in [6.07, 6.45) is 0. The molecule has 30 heavy (non-hydrogen) atoms. The van der Waals surface area contributed by atoms with E-state index >= 15 is 0 Å². The van der Waals surface area contributed by atoms with Gasteiger partial charge in [-0.05, 0) is 42.5 Å². The van der Waals surface area contributed by atoms with Crippen LogP contribution in [0.15, 0.2) is 42.5 Å². The average Bonchev–Trinajstić information content (AvgIpc) is 2.80. The fourth-order valence-corrected chi connectivity index (χ4v) is 2.92. The number of nitrogens with one attached hydrogen (secondary N) is 3. The van der Waals surface area contributed by atoms with Crippen molar-refractivity contribution in [2.45, 2.75) is 0 Å². The zero-order valence-corrected chi connectivity index (χ0v) is 17.5. The number of benzene rings is 2. The zero-order chi connectivity index (χ0) is 21.5. The Morgan fingerprint density at radius 1 is 1.00 bits per heavy atom. The van der Waals surface area contributed by atoms with Gasteiger partial charge in [-0.1, -0.05) is 0 Å². The summed E-state index contributed by atoms with van der Waals surface area (Å²) in [4.78, 5) is 22.6. The first-order chi connectivity index (χ1) is 14.5. The molecule has 0 bridgehead atoms. The highest BCUT2D eigenvalue weighted by Crippen LogP contribution is 2.32. The van der Waals surface area contributed by atoms with Gasteiger partial charge >= 0.3 is 6.03 Å². The molecule has 2 aromatic carbocycles. The van der Waals surface area contributed by atoms with Crippen LogP contribution in [0.25, 0.3) is 10.9 Å². The summed E-state index contributed by atoms with van der Waals surface area (Å²) in [5.74, 6) is 2.71. The zero-order valence-electron chi connectivity index (χ0n) is 17.5. The highest BCUT2D eigenvalue weighted by molar-refractivity contribution is 5.93. The number of carbonyl (C=O) groups excluding carboxylic acids is 1. The first-order valence-corrected chi connectivity index (χ1v) is 9.48. The molecule has 0 atom stereocenters. The first kappa shape index (κ1) is 21.0. The van der Waals surface area contributed by atoms with Gasteiger partial charge in [0.15, 0.2) is 0 Å². The summed E-state index contributed by atoms with van der Waals surface area (Å²) in [5.41, 5.74) is 1.73. The molecule has 1 aromatic heterocycles. The summed E-state index contributed by atoms with van der Waals surface area (Å²) in [7, 11) is 6.79. The van der Waals surface area contributed by atoms with Crippen molar-refractivity contribution in [2.75, 3.05) is 51.6 Å². The van der Waals surface area contributed by atoms with Gasteiger partial charge in [-0.2, -0.15) is 4.98 Å². The van der Waals surface area contributed by atoms with Crippen LogP contribution in [-0.4, -0.2) is 57.4 Å². The lowest BCUT2D eigenvalue weighted by Gasteiger charge is -2.21. The van der Waals surface area contributed by atoms with Gasteiger partial charge in [0.25, 0.3) is 0 Å². The van der Waals surface area contributed by atoms with Crippen LogP contribution < -0.4 is 30.3 Å². The molecule has 0 fully saturated rings. The van der Waals surface area contributed by atoms with E-state index in [0.29, 0.717) is 19.0 Å². The lowest BCUT2D eigenvalue weighted by Crippen LogP contribution is -2.35. The molecular formula is C21H26N6O3. The van der Waals surface area contributed by atoms with Crippen molar-refractivity contribution in [2.24, 2.45) is 0 Å². The van der Waals surface area contributed by atoms with Crippen LogP contribution in [0.5, 0.6) is 11.5 Å². The van der Waals surface area contributed by atoms with Gasteiger partial charge in [-0.15, -0.1) is 0 Å². The van der Waals surface area contributed by atoms with E-state index in [4.69, 9.17) is 14.5 Å². The molecule has 0 spiro atoms. The van der Waals surface area contributed by atoms with Crippen molar-refractivity contribution in [3.63, 3.8) is 0 Å². The number of fused-ring (bicyclic) bond motifs is 1. The molecule has 0 aliphatic heterocycles. The number of nitrogens with zero attached hydrogens (tertiary/aromatic N) is 3. The number of urea groups is 1. The van der Waals surface area contributed by atoms with Crippen LogP contribution in [0.2, 0.25) is 0 Å². The third kappa shape index (κ3) is 4.80. The average molecular weight is 410 g/mol. The van der Waals surface area contributed by atoms with Crippen LogP contribution in [-0.2, 0) is 0 Å². The second kappa shape index (κ2) is 9.64. The van der Waals surface area contributed by atoms with E-state index in [1.54, 1.807) is 21.3 Å². The van der Waals surface area contributed by atoms with Crippen molar-refractivity contribution < 1.29 is 14.3 Å². The molecule has 0 aliphatic carbocycles. The van der Waals surface area contributed by atoms with Crippen LogP contribution in [0.1, 0.15) is 0 Å². The fraction of sp³-hybridized carbons (Fsp3) is 0.286. The quantitative estimate of drug-likeness (QED) is 0.491. The van der Waals surface area contributed by atoms with Gasteiger partial charge in [-0.3, -0.25) is 0 Å². The predicted octanol–water partition coefficient (Wildman–Crippen LogP) is 2.76. The molecule has 0 saturated carbocycles. The summed E-state index contributed by atoms with van der Waals surface area (Å²) in [5, 5.41) is 9.26. The van der Waals surface area contributed by atoms with Gasteiger partial charge in [-0.25, -0.2) is 9.78 Å². The van der Waals surface area contributed by atoms with E-state index in [0.717, 1.165) is 33.9 Å². The minimum absolute atomic E-state index is 0.233. The maximum Gasteiger partial charge on any atom is 0.314 e. The Balaban J connectivity index is 1.93. The molecule has 9 nitrogen and oxygen atoms in total. The molecule has 0 aliphatic rings. The number of aromatic nitrogens is 2. The molecule has 9 heteroatoms. The predicted molar refractivity (Wildman–Crippen MR) is 118 cm³/mol. The fourth-order valence-electron chi connectivity index (χ4n) is 2.92. The molecule has 0 unspecified atom stereocenters. The van der Waals surface area contributed by atoms with Gasteiger partial charge in [0.2, 0.25) is 5.95 Å². The molecule has 0 saturated heterocycles. The van der Waals surface area contributed by atoms with Crippen molar-refractivity contribution >= 4 is 34.4 Å². The summed E-state index contributed by atoms with van der Waals surface area (Å²) < 4.78 is 10.6. The maximum atomic E-state index is 11.3. The molecule has 3 aromatic rings. The normalized spacial score (nSPS) is 10.4. The van der Waals surface area contributed by atoms with E-state index in [2.05, 4.69) is 20.9 Å². The highest BCUT2D eigenvalue weighted by atomic mass is 16.5. The Kier molecular flexibility index (Phi) is 6.74. The van der Waals surface area contributed by atoms with Crippen molar-refractivity contribution in [3.8, 4) is 11.5 Å². The van der Waals surface area contributed by atoms with Crippen LogP contribution in [0.4, 0.5) is 22.2 Å². The Labute approximate surface area is 175 Å². The molecular weight excluding hydrogens is 384 g/mol. The maximum absolute atomic E-state index is 11.3. The summed E-state index contributed by atoms with van der Waals surface area (Å²) in [6.45, 7) is 0.925. The second-order valence-electron chi connectivity index (χ2n) is 6.44. The van der Waals surface area contributed by atoms with Crippen LogP contribution in [0, 0.1) is 0 Å². The Morgan fingerprint density at radius 2 is 1.70 bits per heavy atom. The SMILES string of the molecule is CNC(=O)NCCNc1nc(N(C)c2ccc(OC)cc2)c2cc(OC)ccc2n1. The summed E-state index contributed by atoms with van der Waals surface area (Å²) >= 11 is 0. The van der Waals surface area contributed by atoms with Gasteiger partial charge in [0, 0.05) is 38.3 Å². The van der Waals surface area contributed by atoms with Crippen molar-refractivity contribution in [3.05, 3.63) is 42.5 Å². The largest absolute Gasteiger partial charge is 0.497 e. The summed E-state index contributed by atoms with van der Waals surface area (Å²) in [6, 6.07) is 13.2. The number of amides is 2. The monoisotopic (exact) mass is 410 g/mol. The number of rotatable bonds is 8. The highest BCUT2D eigenvalue weighted by Gasteiger charge is 2.14. The smallest absolute Gasteiger partial charge is 0.314 e. The van der Waals surface area contributed by atoms with Gasteiger partial charge in [0.05, 0.1) is 19.7 Å². The molecule has 3 N–H and O–H groups in total. The minimum Gasteiger partial charge on any atom is -0.497 e. The second-order valence-corrected chi connectivity index (χ2v) is 6.44. The van der Waals surface area contributed by atoms with E-state index in [9.17, 15) is 4.79 Å². The Hall–Kier alpha value is -3.75. The minimum atomic E-state index is -0.233. The molecule has 2 amide bonds. The molecule has 3 rings (SSSR count). The van der Waals surface area contributed by atoms with E-state index in [-0.39, 0.29) is 6.03 Å². The number of ether oxygens (including phenoxy) is 2. The van der Waals surface area contributed by atoms with E-state index < -0.39 is 0 Å². The number of hydrogen-bond acceptors (Lipinski definition) is 7. The van der Waals surface area contributed by atoms with Crippen LogP contribution >= 0.6 is 0 Å². The number of carbonyl (C=O) groups is 1. The van der Waals surface area contributed by atoms with Gasteiger partial charge in [0.1, 0.15) is 17.3 Å². The lowest BCUT2D eigenvalue weighted by molar-refractivity contribution is 0.243.